The average molecular weight is 380 g/mol. The number of sulfonamides is 1. The summed E-state index contributed by atoms with van der Waals surface area (Å²) in [6, 6.07) is 6.03. The zero-order chi connectivity index (χ0) is 18.4. The van der Waals surface area contributed by atoms with Crippen LogP contribution in [0.2, 0.25) is 0 Å². The summed E-state index contributed by atoms with van der Waals surface area (Å²) < 4.78 is 40.5. The second-order valence-corrected chi connectivity index (χ2v) is 10.0. The first kappa shape index (κ1) is 17.9. The lowest BCUT2D eigenvalue weighted by Gasteiger charge is -2.48. The number of rotatable bonds is 4. The Morgan fingerprint density at radius 2 is 1.85 bits per heavy atom. The van der Waals surface area contributed by atoms with E-state index in [1.54, 1.807) is 4.31 Å². The molecule has 1 aromatic carbocycles. The van der Waals surface area contributed by atoms with E-state index >= 15 is 0 Å². The van der Waals surface area contributed by atoms with Crippen LogP contribution in [0.4, 0.5) is 4.39 Å². The standard InChI is InChI=1S/C19H25FN2O3S/c20-16-4-2-15(3-5-16)12-26(24,25)21-11-1-9-19(13-21)10-8-18(23)22(14-19)17-6-7-17/h2-5,17H,1,6-14H2/t19-/m0/s1. The van der Waals surface area contributed by atoms with Crippen molar-refractivity contribution in [3.63, 3.8) is 0 Å². The average Bonchev–Trinajstić information content (AvgIpc) is 3.44. The van der Waals surface area contributed by atoms with Gasteiger partial charge in [-0.25, -0.2) is 17.1 Å². The van der Waals surface area contributed by atoms with Gasteiger partial charge in [0.2, 0.25) is 15.9 Å². The van der Waals surface area contributed by atoms with Gasteiger partial charge in [0.05, 0.1) is 5.75 Å². The maximum absolute atomic E-state index is 13.1. The Morgan fingerprint density at radius 3 is 2.54 bits per heavy atom. The third-order valence-corrected chi connectivity index (χ3v) is 7.76. The summed E-state index contributed by atoms with van der Waals surface area (Å²) >= 11 is 0. The van der Waals surface area contributed by atoms with Gasteiger partial charge in [0.25, 0.3) is 0 Å². The maximum atomic E-state index is 13.1. The number of amides is 1. The van der Waals surface area contributed by atoms with Gasteiger partial charge in [-0.2, -0.15) is 0 Å². The third-order valence-electron chi connectivity index (χ3n) is 5.97. The van der Waals surface area contributed by atoms with Crippen molar-refractivity contribution in [2.24, 2.45) is 5.41 Å². The monoisotopic (exact) mass is 380 g/mol. The molecule has 0 unspecified atom stereocenters. The van der Waals surface area contributed by atoms with Crippen molar-refractivity contribution in [1.29, 1.82) is 0 Å². The number of carbonyl (C=O) groups is 1. The lowest BCUT2D eigenvalue weighted by molar-refractivity contribution is -0.139. The van der Waals surface area contributed by atoms with Gasteiger partial charge in [0.1, 0.15) is 5.82 Å². The highest BCUT2D eigenvalue weighted by atomic mass is 32.2. The molecule has 0 radical (unpaired) electrons. The molecule has 2 aliphatic heterocycles. The van der Waals surface area contributed by atoms with Crippen LogP contribution in [0.5, 0.6) is 0 Å². The van der Waals surface area contributed by atoms with Crippen molar-refractivity contribution in [3.05, 3.63) is 35.6 Å². The number of halogens is 1. The van der Waals surface area contributed by atoms with Crippen molar-refractivity contribution in [2.45, 2.75) is 50.3 Å². The van der Waals surface area contributed by atoms with E-state index in [9.17, 15) is 17.6 Å². The second kappa shape index (κ2) is 6.60. The zero-order valence-corrected chi connectivity index (χ0v) is 15.7. The molecule has 1 spiro atoms. The Balaban J connectivity index is 1.48. The van der Waals surface area contributed by atoms with Gasteiger partial charge in [-0.05, 0) is 49.8 Å². The molecule has 26 heavy (non-hydrogen) atoms. The van der Waals surface area contributed by atoms with Crippen LogP contribution in [0.3, 0.4) is 0 Å². The molecule has 1 aliphatic carbocycles. The van der Waals surface area contributed by atoms with Crippen molar-refractivity contribution in [1.82, 2.24) is 9.21 Å². The fourth-order valence-corrected chi connectivity index (χ4v) is 6.05. The topological polar surface area (TPSA) is 57.7 Å². The number of nitrogens with zero attached hydrogens (tertiary/aromatic N) is 2. The number of likely N-dealkylation sites (tertiary alicyclic amines) is 1. The molecule has 2 saturated heterocycles. The fourth-order valence-electron chi connectivity index (χ4n) is 4.38. The van der Waals surface area contributed by atoms with Gasteiger partial charge in [-0.15, -0.1) is 0 Å². The Morgan fingerprint density at radius 1 is 1.12 bits per heavy atom. The number of hydrogen-bond donors (Lipinski definition) is 0. The van der Waals surface area contributed by atoms with Crippen LogP contribution in [0.25, 0.3) is 0 Å². The predicted molar refractivity (Wildman–Crippen MR) is 96.2 cm³/mol. The molecule has 1 aromatic rings. The van der Waals surface area contributed by atoms with Crippen LogP contribution in [-0.4, -0.2) is 49.2 Å². The first-order valence-corrected chi connectivity index (χ1v) is 11.0. The molecule has 142 valence electrons. The Bertz CT molecular complexity index is 792. The normalized spacial score (nSPS) is 27.9. The van der Waals surface area contributed by atoms with Crippen LogP contribution in [-0.2, 0) is 20.6 Å². The van der Waals surface area contributed by atoms with E-state index in [1.807, 2.05) is 4.90 Å². The highest BCUT2D eigenvalue weighted by Crippen LogP contribution is 2.43. The molecule has 4 rings (SSSR count). The minimum absolute atomic E-state index is 0.103. The lowest BCUT2D eigenvalue weighted by atomic mass is 9.74. The van der Waals surface area contributed by atoms with Gasteiger partial charge in [0, 0.05) is 37.5 Å². The molecule has 5 nitrogen and oxygen atoms in total. The summed E-state index contributed by atoms with van der Waals surface area (Å²) in [5.41, 5.74) is 0.495. The molecule has 1 amide bonds. The van der Waals surface area contributed by atoms with Crippen LogP contribution in [0.1, 0.15) is 44.1 Å². The van der Waals surface area contributed by atoms with Crippen molar-refractivity contribution in [3.8, 4) is 0 Å². The van der Waals surface area contributed by atoms with Crippen LogP contribution < -0.4 is 0 Å². The summed E-state index contributed by atoms with van der Waals surface area (Å²) in [4.78, 5) is 14.2. The van der Waals surface area contributed by atoms with Crippen molar-refractivity contribution >= 4 is 15.9 Å². The lowest BCUT2D eigenvalue weighted by Crippen LogP contribution is -2.55. The second-order valence-electron chi connectivity index (χ2n) is 8.07. The fraction of sp³-hybridized carbons (Fsp3) is 0.632. The Kier molecular flexibility index (Phi) is 4.55. The summed E-state index contributed by atoms with van der Waals surface area (Å²) in [6.07, 6.45) is 5.27. The molecule has 0 N–H and O–H groups in total. The number of carbonyl (C=O) groups excluding carboxylic acids is 1. The quantitative estimate of drug-likeness (QED) is 0.807. The number of benzene rings is 1. The van der Waals surface area contributed by atoms with Crippen LogP contribution in [0, 0.1) is 11.2 Å². The molecule has 1 atom stereocenters. The third kappa shape index (κ3) is 3.64. The molecule has 7 heteroatoms. The van der Waals surface area contributed by atoms with Gasteiger partial charge < -0.3 is 4.90 Å². The SMILES string of the molecule is O=C1CC[C@]2(CCCN(S(=O)(=O)Cc3ccc(F)cc3)C2)CN1C1CC1. The largest absolute Gasteiger partial charge is 0.339 e. The van der Waals surface area contributed by atoms with Gasteiger partial charge in [-0.3, -0.25) is 4.79 Å². The molecule has 0 aromatic heterocycles. The van der Waals surface area contributed by atoms with Gasteiger partial charge in [0.15, 0.2) is 0 Å². The van der Waals surface area contributed by atoms with Gasteiger partial charge in [-0.1, -0.05) is 12.1 Å². The van der Waals surface area contributed by atoms with E-state index in [0.29, 0.717) is 37.7 Å². The Hall–Kier alpha value is -1.47. The zero-order valence-electron chi connectivity index (χ0n) is 14.9. The number of piperidine rings is 2. The van der Waals surface area contributed by atoms with Crippen LogP contribution in [0.15, 0.2) is 24.3 Å². The summed E-state index contributed by atoms with van der Waals surface area (Å²) in [7, 11) is -3.45. The summed E-state index contributed by atoms with van der Waals surface area (Å²) in [5, 5.41) is 0. The molecule has 1 saturated carbocycles. The van der Waals surface area contributed by atoms with E-state index in [-0.39, 0.29) is 22.9 Å². The van der Waals surface area contributed by atoms with Crippen LogP contribution >= 0.6 is 0 Å². The summed E-state index contributed by atoms with van der Waals surface area (Å²) in [5.74, 6) is -0.242. The molecule has 2 heterocycles. The minimum Gasteiger partial charge on any atom is -0.339 e. The minimum atomic E-state index is -3.45. The Labute approximate surface area is 154 Å². The predicted octanol–water partition coefficient (Wildman–Crippen LogP) is 2.52. The molecular weight excluding hydrogens is 355 g/mol. The molecule has 3 aliphatic rings. The molecule has 3 fully saturated rings. The highest BCUT2D eigenvalue weighted by molar-refractivity contribution is 7.88. The van der Waals surface area contributed by atoms with Gasteiger partial charge >= 0.3 is 0 Å². The molecule has 0 bridgehead atoms. The van der Waals surface area contributed by atoms with E-state index in [1.165, 1.54) is 24.3 Å². The first-order valence-electron chi connectivity index (χ1n) is 9.39. The van der Waals surface area contributed by atoms with E-state index in [2.05, 4.69) is 0 Å². The van der Waals surface area contributed by atoms with E-state index < -0.39 is 10.0 Å². The van der Waals surface area contributed by atoms with Crippen molar-refractivity contribution in [2.75, 3.05) is 19.6 Å². The summed E-state index contributed by atoms with van der Waals surface area (Å²) in [6.45, 7) is 1.72. The number of hydrogen-bond acceptors (Lipinski definition) is 3. The smallest absolute Gasteiger partial charge is 0.222 e. The van der Waals surface area contributed by atoms with E-state index in [0.717, 1.165) is 32.1 Å². The van der Waals surface area contributed by atoms with Crippen molar-refractivity contribution < 1.29 is 17.6 Å². The highest BCUT2D eigenvalue weighted by Gasteiger charge is 2.47. The first-order chi connectivity index (χ1) is 12.4. The maximum Gasteiger partial charge on any atom is 0.222 e. The molecular formula is C19H25FN2O3S. The van der Waals surface area contributed by atoms with E-state index in [4.69, 9.17) is 0 Å².